The summed E-state index contributed by atoms with van der Waals surface area (Å²) < 4.78 is 17.6. The van der Waals surface area contributed by atoms with Crippen LogP contribution in [0.25, 0.3) is 0 Å². The lowest BCUT2D eigenvalue weighted by Crippen LogP contribution is -2.55. The summed E-state index contributed by atoms with van der Waals surface area (Å²) in [5.74, 6) is 1.46. The van der Waals surface area contributed by atoms with Crippen LogP contribution in [0.5, 0.6) is 11.5 Å². The molecule has 3 N–H and O–H groups in total. The molecule has 3 aromatic rings. The van der Waals surface area contributed by atoms with Crippen LogP contribution in [0.1, 0.15) is 65.8 Å². The predicted molar refractivity (Wildman–Crippen MR) is 156 cm³/mol. The lowest BCUT2D eigenvalue weighted by molar-refractivity contribution is -0.230. The van der Waals surface area contributed by atoms with E-state index >= 15 is 0 Å². The number of aliphatic hydroxyl groups excluding tert-OH is 3. The van der Waals surface area contributed by atoms with Gasteiger partial charge in [0, 0.05) is 16.5 Å². The molecule has 8 heteroatoms. The van der Waals surface area contributed by atoms with Crippen molar-refractivity contribution in [2.24, 2.45) is 5.92 Å². The van der Waals surface area contributed by atoms with Crippen LogP contribution in [-0.4, -0.2) is 58.7 Å². The third-order valence-electron chi connectivity index (χ3n) is 8.00. The zero-order valence-corrected chi connectivity index (χ0v) is 23.9. The molecule has 3 aromatic carbocycles. The van der Waals surface area contributed by atoms with Gasteiger partial charge in [0.2, 0.25) is 0 Å². The number of benzene rings is 3. The third-order valence-corrected chi connectivity index (χ3v) is 8.37. The Labute approximate surface area is 245 Å². The maximum Gasteiger partial charge on any atom is 0.166 e. The van der Waals surface area contributed by atoms with Crippen LogP contribution in [0.15, 0.2) is 66.7 Å². The zero-order chi connectivity index (χ0) is 28.9. The molecule has 0 spiro atoms. The minimum atomic E-state index is -1.44. The molecule has 1 saturated heterocycles. The number of ketones is 1. The van der Waals surface area contributed by atoms with Gasteiger partial charge in [-0.15, -0.1) is 0 Å². The number of ether oxygens (including phenoxy) is 3. The molecule has 0 unspecified atom stereocenters. The van der Waals surface area contributed by atoms with E-state index in [1.165, 1.54) is 0 Å². The fourth-order valence-corrected chi connectivity index (χ4v) is 5.89. The minimum Gasteiger partial charge on any atom is -0.494 e. The Bertz CT molecular complexity index is 1320. The van der Waals surface area contributed by atoms with Crippen LogP contribution in [0, 0.1) is 5.92 Å². The van der Waals surface area contributed by atoms with Gasteiger partial charge in [-0.2, -0.15) is 0 Å². The van der Waals surface area contributed by atoms with Gasteiger partial charge in [0.15, 0.2) is 5.78 Å². The first kappa shape index (κ1) is 29.5. The van der Waals surface area contributed by atoms with Crippen molar-refractivity contribution < 1.29 is 34.3 Å². The van der Waals surface area contributed by atoms with E-state index in [9.17, 15) is 20.1 Å². The second-order valence-electron chi connectivity index (χ2n) is 10.9. The van der Waals surface area contributed by atoms with Crippen molar-refractivity contribution in [2.45, 2.75) is 69.5 Å². The summed E-state index contributed by atoms with van der Waals surface area (Å²) in [6.07, 6.45) is -1.44. The quantitative estimate of drug-likeness (QED) is 0.279. The van der Waals surface area contributed by atoms with Crippen LogP contribution in [0.2, 0.25) is 5.02 Å². The highest BCUT2D eigenvalue weighted by molar-refractivity contribution is 6.31. The summed E-state index contributed by atoms with van der Waals surface area (Å²) >= 11 is 6.52. The van der Waals surface area contributed by atoms with Gasteiger partial charge in [0.1, 0.15) is 48.6 Å². The standard InChI is InChI=1S/C33H37ClO7/c1-2-39-25-13-10-20(11-14-25)16-24-17-23(12-15-27(24)34)33-32(38)31(37)30(36)28(41-33)19-40-26-9-5-8-22(18-26)29(35)21-6-3-4-7-21/h5,8-15,17-18,21,28,30-33,36-38H,2-4,6-7,16,19H2,1H3/t28-,30-,31+,32-,33+/m1/s1. The van der Waals surface area contributed by atoms with E-state index in [0.717, 1.165) is 42.6 Å². The van der Waals surface area contributed by atoms with Crippen LogP contribution in [-0.2, 0) is 11.2 Å². The minimum absolute atomic E-state index is 0.0600. The summed E-state index contributed by atoms with van der Waals surface area (Å²) in [5, 5.41) is 32.8. The van der Waals surface area contributed by atoms with Crippen LogP contribution in [0.3, 0.4) is 0 Å². The summed E-state index contributed by atoms with van der Waals surface area (Å²) in [5.41, 5.74) is 3.10. The van der Waals surface area contributed by atoms with E-state index < -0.39 is 30.5 Å². The molecule has 1 aliphatic heterocycles. The van der Waals surface area contributed by atoms with Crippen molar-refractivity contribution >= 4 is 17.4 Å². The maximum atomic E-state index is 12.8. The predicted octanol–water partition coefficient (Wildman–Crippen LogP) is 5.30. The van der Waals surface area contributed by atoms with E-state index in [2.05, 4.69) is 0 Å². The molecule has 7 nitrogen and oxygen atoms in total. The number of carbonyl (C=O) groups is 1. The molecule has 0 amide bonds. The Morgan fingerprint density at radius 2 is 1.66 bits per heavy atom. The lowest BCUT2D eigenvalue weighted by atomic mass is 9.90. The monoisotopic (exact) mass is 580 g/mol. The molecular formula is C33H37ClO7. The van der Waals surface area contributed by atoms with Crippen molar-refractivity contribution in [3.8, 4) is 11.5 Å². The van der Waals surface area contributed by atoms with Crippen molar-refractivity contribution in [3.63, 3.8) is 0 Å². The van der Waals surface area contributed by atoms with E-state index in [0.29, 0.717) is 34.9 Å². The molecule has 1 saturated carbocycles. The van der Waals surface area contributed by atoms with Gasteiger partial charge < -0.3 is 29.5 Å². The van der Waals surface area contributed by atoms with Gasteiger partial charge in [-0.3, -0.25) is 4.79 Å². The van der Waals surface area contributed by atoms with Crippen molar-refractivity contribution in [2.75, 3.05) is 13.2 Å². The highest BCUT2D eigenvalue weighted by atomic mass is 35.5. The van der Waals surface area contributed by atoms with E-state index in [4.69, 9.17) is 25.8 Å². The SMILES string of the molecule is CCOc1ccc(Cc2cc([C@@H]3O[C@H](COc4cccc(C(=O)C5CCCC5)c4)[C@@H](O)[C@H](O)[C@H]3O)ccc2Cl)cc1. The first-order valence-electron chi connectivity index (χ1n) is 14.3. The van der Waals surface area contributed by atoms with Gasteiger partial charge in [0.25, 0.3) is 0 Å². The number of Topliss-reactive ketones (excluding diaryl/α,β-unsaturated/α-hetero) is 1. The van der Waals surface area contributed by atoms with Crippen LogP contribution in [0.4, 0.5) is 0 Å². The molecule has 0 aromatic heterocycles. The molecule has 5 atom stereocenters. The molecule has 1 heterocycles. The second-order valence-corrected chi connectivity index (χ2v) is 11.3. The average molecular weight is 581 g/mol. The zero-order valence-electron chi connectivity index (χ0n) is 23.1. The first-order valence-corrected chi connectivity index (χ1v) is 14.7. The molecule has 2 aliphatic rings. The molecule has 0 radical (unpaired) electrons. The Kier molecular flexibility index (Phi) is 9.63. The number of hydrogen-bond donors (Lipinski definition) is 3. The Morgan fingerprint density at radius 1 is 0.902 bits per heavy atom. The van der Waals surface area contributed by atoms with Crippen molar-refractivity contribution in [1.82, 2.24) is 0 Å². The van der Waals surface area contributed by atoms with Crippen LogP contribution < -0.4 is 9.47 Å². The van der Waals surface area contributed by atoms with Crippen molar-refractivity contribution in [1.29, 1.82) is 0 Å². The highest BCUT2D eigenvalue weighted by Gasteiger charge is 2.44. The maximum absolute atomic E-state index is 12.8. The van der Waals surface area contributed by atoms with Gasteiger partial charge in [-0.05, 0) is 73.2 Å². The van der Waals surface area contributed by atoms with E-state index in [1.54, 1.807) is 36.4 Å². The average Bonchev–Trinajstić information content (AvgIpc) is 3.53. The Morgan fingerprint density at radius 3 is 2.39 bits per heavy atom. The van der Waals surface area contributed by atoms with E-state index in [-0.39, 0.29) is 18.3 Å². The number of hydrogen-bond acceptors (Lipinski definition) is 7. The van der Waals surface area contributed by atoms with Gasteiger partial charge in [0.05, 0.1) is 6.61 Å². The van der Waals surface area contributed by atoms with E-state index in [1.807, 2.05) is 37.3 Å². The number of halogens is 1. The number of aliphatic hydroxyl groups is 3. The smallest absolute Gasteiger partial charge is 0.166 e. The molecule has 218 valence electrons. The fourth-order valence-electron chi connectivity index (χ4n) is 5.70. The van der Waals surface area contributed by atoms with Crippen molar-refractivity contribution in [3.05, 3.63) is 94.0 Å². The van der Waals surface area contributed by atoms with Gasteiger partial charge in [-0.1, -0.05) is 60.8 Å². The molecule has 0 bridgehead atoms. The topological polar surface area (TPSA) is 105 Å². The summed E-state index contributed by atoms with van der Waals surface area (Å²) in [6.45, 7) is 2.45. The summed E-state index contributed by atoms with van der Waals surface area (Å²) in [6, 6.07) is 20.1. The molecule has 5 rings (SSSR count). The fraction of sp³-hybridized carbons (Fsp3) is 0.424. The number of rotatable bonds is 10. The molecule has 1 aliphatic carbocycles. The lowest BCUT2D eigenvalue weighted by Gasteiger charge is -2.40. The third kappa shape index (κ3) is 6.93. The van der Waals surface area contributed by atoms with Gasteiger partial charge in [-0.25, -0.2) is 0 Å². The van der Waals surface area contributed by atoms with Crippen LogP contribution >= 0.6 is 11.6 Å². The molecule has 41 heavy (non-hydrogen) atoms. The molecule has 2 fully saturated rings. The number of carbonyl (C=O) groups excluding carboxylic acids is 1. The first-order chi connectivity index (χ1) is 19.8. The molecular weight excluding hydrogens is 544 g/mol. The van der Waals surface area contributed by atoms with Gasteiger partial charge >= 0.3 is 0 Å². The highest BCUT2D eigenvalue weighted by Crippen LogP contribution is 2.35. The Balaban J connectivity index is 1.28. The second kappa shape index (κ2) is 13.4. The largest absolute Gasteiger partial charge is 0.494 e. The Hall–Kier alpha value is -2.94. The summed E-state index contributed by atoms with van der Waals surface area (Å²) in [7, 11) is 0. The normalized spacial score (nSPS) is 24.8. The summed E-state index contributed by atoms with van der Waals surface area (Å²) in [4.78, 5) is 12.8.